The van der Waals surface area contributed by atoms with Gasteiger partial charge in [0.1, 0.15) is 42.5 Å². The quantitative estimate of drug-likeness (QED) is 0.794. The normalized spacial score (nSPS) is 35.4. The van der Waals surface area contributed by atoms with Crippen molar-refractivity contribution >= 4 is 11.3 Å². The Morgan fingerprint density at radius 1 is 1.52 bits per heavy atom. The first-order valence-corrected chi connectivity index (χ1v) is 6.75. The molecule has 2 fully saturated rings. The molecule has 8 heteroatoms. The van der Waals surface area contributed by atoms with Gasteiger partial charge in [-0.25, -0.2) is 9.50 Å². The van der Waals surface area contributed by atoms with E-state index in [1.807, 2.05) is 19.1 Å². The lowest BCUT2D eigenvalue weighted by Gasteiger charge is -2.26. The van der Waals surface area contributed by atoms with E-state index < -0.39 is 17.8 Å². The third kappa shape index (κ3) is 1.64. The Morgan fingerprint density at radius 3 is 3.19 bits per heavy atom. The van der Waals surface area contributed by atoms with Crippen molar-refractivity contribution in [2.75, 3.05) is 19.1 Å². The molecule has 112 valence electrons. The van der Waals surface area contributed by atoms with Crippen LogP contribution in [0.3, 0.4) is 0 Å². The monoisotopic (exact) mass is 292 g/mol. The summed E-state index contributed by atoms with van der Waals surface area (Å²) in [5, 5.41) is 13.7. The lowest BCUT2D eigenvalue weighted by atomic mass is 9.91. The molecule has 2 saturated heterocycles. The molecule has 4 atom stereocenters. The third-order valence-electron chi connectivity index (χ3n) is 4.31. The van der Waals surface area contributed by atoms with E-state index in [2.05, 4.69) is 10.1 Å². The van der Waals surface area contributed by atoms with Gasteiger partial charge in [0.25, 0.3) is 0 Å². The highest BCUT2D eigenvalue weighted by Gasteiger charge is 2.59. The Kier molecular flexibility index (Phi) is 2.70. The molecule has 2 aromatic heterocycles. The maximum absolute atomic E-state index is 9.49. The second-order valence-corrected chi connectivity index (χ2v) is 5.47. The summed E-state index contributed by atoms with van der Waals surface area (Å²) in [6.45, 7) is 1.99. The van der Waals surface area contributed by atoms with Crippen LogP contribution >= 0.6 is 0 Å². The van der Waals surface area contributed by atoms with Gasteiger partial charge in [-0.2, -0.15) is 5.10 Å². The largest absolute Gasteiger partial charge is 0.394 e. The van der Waals surface area contributed by atoms with E-state index in [4.69, 9.17) is 19.9 Å². The van der Waals surface area contributed by atoms with Crippen LogP contribution < -0.4 is 5.73 Å². The summed E-state index contributed by atoms with van der Waals surface area (Å²) in [6, 6.07) is 3.73. The lowest BCUT2D eigenvalue weighted by molar-refractivity contribution is -0.107. The Morgan fingerprint density at radius 2 is 2.38 bits per heavy atom. The topological polar surface area (TPSA) is 104 Å². The van der Waals surface area contributed by atoms with E-state index in [-0.39, 0.29) is 19.5 Å². The first kappa shape index (κ1) is 13.0. The Hall–Kier alpha value is -1.74. The van der Waals surface area contributed by atoms with Crippen LogP contribution in [-0.4, -0.2) is 50.9 Å². The summed E-state index contributed by atoms with van der Waals surface area (Å²) in [6.07, 6.45) is 0.263. The summed E-state index contributed by atoms with van der Waals surface area (Å²) < 4.78 is 19.0. The number of anilines is 1. The summed E-state index contributed by atoms with van der Waals surface area (Å²) in [4.78, 5) is 3.97. The lowest BCUT2D eigenvalue weighted by Crippen LogP contribution is -2.40. The van der Waals surface area contributed by atoms with Gasteiger partial charge in [-0.3, -0.25) is 0 Å². The predicted octanol–water partition coefficient (Wildman–Crippen LogP) is -0.125. The molecule has 0 radical (unpaired) electrons. The molecule has 0 aromatic carbocycles. The van der Waals surface area contributed by atoms with Crippen molar-refractivity contribution in [3.8, 4) is 0 Å². The van der Waals surface area contributed by atoms with Gasteiger partial charge in [0, 0.05) is 0 Å². The van der Waals surface area contributed by atoms with Crippen LogP contribution in [0.2, 0.25) is 0 Å². The minimum absolute atomic E-state index is 0.124. The maximum Gasteiger partial charge on any atom is 0.151 e. The molecule has 21 heavy (non-hydrogen) atoms. The molecule has 2 aliphatic rings. The van der Waals surface area contributed by atoms with Gasteiger partial charge >= 0.3 is 0 Å². The molecule has 4 rings (SSSR count). The van der Waals surface area contributed by atoms with Crippen LogP contribution in [0, 0.1) is 0 Å². The van der Waals surface area contributed by atoms with E-state index >= 15 is 0 Å². The van der Waals surface area contributed by atoms with E-state index in [0.717, 1.165) is 5.69 Å². The number of hydrogen-bond acceptors (Lipinski definition) is 7. The minimum Gasteiger partial charge on any atom is -0.394 e. The van der Waals surface area contributed by atoms with Crippen molar-refractivity contribution in [2.24, 2.45) is 0 Å². The third-order valence-corrected chi connectivity index (χ3v) is 4.31. The van der Waals surface area contributed by atoms with Crippen LogP contribution in [-0.2, 0) is 14.2 Å². The van der Waals surface area contributed by atoms with Gasteiger partial charge in [-0.05, 0) is 19.1 Å². The van der Waals surface area contributed by atoms with Crippen LogP contribution in [0.15, 0.2) is 18.5 Å². The molecule has 0 amide bonds. The molecule has 2 aromatic rings. The van der Waals surface area contributed by atoms with Gasteiger partial charge in [0.2, 0.25) is 0 Å². The number of nitrogens with two attached hydrogens (primary N) is 1. The van der Waals surface area contributed by atoms with Gasteiger partial charge in [0.05, 0.1) is 12.3 Å². The van der Waals surface area contributed by atoms with Crippen LogP contribution in [0.5, 0.6) is 0 Å². The molecule has 0 unspecified atom stereocenters. The summed E-state index contributed by atoms with van der Waals surface area (Å²) in [5.74, 6) is 0.401. The average molecular weight is 292 g/mol. The second-order valence-electron chi connectivity index (χ2n) is 5.47. The van der Waals surface area contributed by atoms with Crippen molar-refractivity contribution in [2.45, 2.75) is 30.8 Å². The van der Waals surface area contributed by atoms with Gasteiger partial charge in [-0.15, -0.1) is 0 Å². The number of hydrogen-bond donors (Lipinski definition) is 2. The van der Waals surface area contributed by atoms with Crippen molar-refractivity contribution in [3.63, 3.8) is 0 Å². The van der Waals surface area contributed by atoms with E-state index in [1.165, 1.54) is 6.33 Å². The Labute approximate surface area is 120 Å². The summed E-state index contributed by atoms with van der Waals surface area (Å²) >= 11 is 0. The number of nitrogen functional groups attached to an aromatic ring is 1. The SMILES string of the molecule is C[C@@]12OCO[C@@H]1[C@@H](CO)O[C@H]2c1ccc2c(N)ncnn12. The molecule has 0 spiro atoms. The van der Waals surface area contributed by atoms with Gasteiger partial charge < -0.3 is 25.1 Å². The van der Waals surface area contributed by atoms with Crippen LogP contribution in [0.1, 0.15) is 18.7 Å². The molecule has 0 saturated carbocycles. The number of aliphatic hydroxyl groups is 1. The van der Waals surface area contributed by atoms with E-state index in [1.54, 1.807) is 4.52 Å². The maximum atomic E-state index is 9.49. The summed E-state index contributed by atoms with van der Waals surface area (Å²) in [5.41, 5.74) is 6.70. The van der Waals surface area contributed by atoms with Crippen molar-refractivity contribution in [1.29, 1.82) is 0 Å². The fraction of sp³-hybridized carbons (Fsp3) is 0.538. The highest BCUT2D eigenvalue weighted by Crippen LogP contribution is 2.48. The Balaban J connectivity index is 1.83. The number of ether oxygens (including phenoxy) is 3. The number of aromatic nitrogens is 3. The number of rotatable bonds is 2. The zero-order valence-electron chi connectivity index (χ0n) is 11.5. The molecular weight excluding hydrogens is 276 g/mol. The number of nitrogens with zero attached hydrogens (tertiary/aromatic N) is 3. The predicted molar refractivity (Wildman–Crippen MR) is 71.3 cm³/mol. The highest BCUT2D eigenvalue weighted by atomic mass is 16.8. The van der Waals surface area contributed by atoms with Crippen molar-refractivity contribution in [3.05, 3.63) is 24.2 Å². The molecule has 0 aliphatic carbocycles. The highest BCUT2D eigenvalue weighted by molar-refractivity contribution is 5.65. The average Bonchev–Trinajstić information content (AvgIpc) is 3.11. The molecule has 8 nitrogen and oxygen atoms in total. The fourth-order valence-electron chi connectivity index (χ4n) is 3.24. The summed E-state index contributed by atoms with van der Waals surface area (Å²) in [7, 11) is 0. The smallest absolute Gasteiger partial charge is 0.151 e. The Bertz CT molecular complexity index is 690. The second kappa shape index (κ2) is 4.38. The van der Waals surface area contributed by atoms with Crippen LogP contribution in [0.25, 0.3) is 5.52 Å². The first-order chi connectivity index (χ1) is 10.1. The molecular formula is C13H16N4O4. The molecule has 4 heterocycles. The van der Waals surface area contributed by atoms with E-state index in [9.17, 15) is 5.11 Å². The number of fused-ring (bicyclic) bond motifs is 2. The zero-order chi connectivity index (χ0) is 14.6. The van der Waals surface area contributed by atoms with Gasteiger partial charge in [-0.1, -0.05) is 0 Å². The molecule has 3 N–H and O–H groups in total. The fourth-order valence-corrected chi connectivity index (χ4v) is 3.24. The van der Waals surface area contributed by atoms with Crippen molar-refractivity contribution < 1.29 is 19.3 Å². The zero-order valence-corrected chi connectivity index (χ0v) is 11.5. The van der Waals surface area contributed by atoms with Crippen LogP contribution in [0.4, 0.5) is 5.82 Å². The standard InChI is InChI=1S/C13H16N4O4/c1-13-10(21-9(4-18)11(13)19-6-20-13)7-2-3-8-12(14)15-5-16-17(7)8/h2-3,5,9-11,18H,4,6H2,1H3,(H2,14,15,16)/t9-,10+,11-,13+/m1/s1. The minimum atomic E-state index is -0.665. The molecule has 0 bridgehead atoms. The van der Waals surface area contributed by atoms with Gasteiger partial charge in [0.15, 0.2) is 5.82 Å². The first-order valence-electron chi connectivity index (χ1n) is 6.75. The van der Waals surface area contributed by atoms with Crippen molar-refractivity contribution in [1.82, 2.24) is 14.6 Å². The number of aliphatic hydroxyl groups excluding tert-OH is 1. The van der Waals surface area contributed by atoms with E-state index in [0.29, 0.717) is 11.3 Å². The molecule has 2 aliphatic heterocycles.